The van der Waals surface area contributed by atoms with Crippen molar-refractivity contribution in [1.82, 2.24) is 0 Å². The van der Waals surface area contributed by atoms with Gasteiger partial charge in [-0.05, 0) is 36.5 Å². The average molecular weight is 238 g/mol. The molecule has 0 unspecified atom stereocenters. The Morgan fingerprint density at radius 1 is 1.29 bits per heavy atom. The van der Waals surface area contributed by atoms with E-state index in [9.17, 15) is 0 Å². The summed E-state index contributed by atoms with van der Waals surface area (Å²) in [6.45, 7) is 0.979. The molecule has 1 aromatic rings. The van der Waals surface area contributed by atoms with Crippen molar-refractivity contribution >= 4 is 0 Å². The Balaban J connectivity index is 1.87. The zero-order valence-electron chi connectivity index (χ0n) is 10.0. The van der Waals surface area contributed by atoms with Gasteiger partial charge in [-0.2, -0.15) is 0 Å². The number of rotatable bonds is 7. The van der Waals surface area contributed by atoms with Crippen LogP contribution in [0.3, 0.4) is 0 Å². The van der Waals surface area contributed by atoms with Gasteiger partial charge < -0.3 is 19.3 Å². The third-order valence-electron chi connectivity index (χ3n) is 2.76. The van der Waals surface area contributed by atoms with E-state index in [1.54, 1.807) is 25.3 Å². The van der Waals surface area contributed by atoms with Gasteiger partial charge in [0.15, 0.2) is 18.3 Å². The van der Waals surface area contributed by atoms with E-state index in [0.717, 1.165) is 18.1 Å². The van der Waals surface area contributed by atoms with E-state index in [1.165, 1.54) is 12.8 Å². The quantitative estimate of drug-likeness (QED) is 0.582. The average Bonchev–Trinajstić information content (AvgIpc) is 3.18. The molecule has 1 N–H and O–H groups in total. The normalized spacial score (nSPS) is 14.7. The summed E-state index contributed by atoms with van der Waals surface area (Å²) in [6, 6.07) is 5.35. The molecule has 1 aliphatic carbocycles. The number of ether oxygens (including phenoxy) is 3. The van der Waals surface area contributed by atoms with Gasteiger partial charge in [-0.25, -0.2) is 0 Å². The minimum Gasteiger partial charge on any atom is -0.493 e. The third kappa shape index (κ3) is 3.61. The van der Waals surface area contributed by atoms with E-state index >= 15 is 0 Å². The van der Waals surface area contributed by atoms with Crippen LogP contribution < -0.4 is 9.47 Å². The van der Waals surface area contributed by atoms with Crippen molar-refractivity contribution in [2.24, 2.45) is 5.92 Å². The lowest BCUT2D eigenvalue weighted by molar-refractivity contribution is 0.00857. The van der Waals surface area contributed by atoms with Gasteiger partial charge in [-0.1, -0.05) is 6.07 Å². The molecule has 17 heavy (non-hydrogen) atoms. The second-order valence-corrected chi connectivity index (χ2v) is 4.22. The molecular formula is C13H18O4. The van der Waals surface area contributed by atoms with Gasteiger partial charge in [0.05, 0.1) is 20.3 Å². The van der Waals surface area contributed by atoms with Crippen LogP contribution in [0, 0.1) is 5.92 Å². The van der Waals surface area contributed by atoms with Gasteiger partial charge in [-0.3, -0.25) is 0 Å². The fourth-order valence-electron chi connectivity index (χ4n) is 1.54. The van der Waals surface area contributed by atoms with Crippen molar-refractivity contribution in [2.75, 3.05) is 20.5 Å². The van der Waals surface area contributed by atoms with Crippen molar-refractivity contribution in [2.45, 2.75) is 19.4 Å². The fourth-order valence-corrected chi connectivity index (χ4v) is 1.54. The molecule has 0 amide bonds. The van der Waals surface area contributed by atoms with Crippen molar-refractivity contribution in [1.29, 1.82) is 0 Å². The lowest BCUT2D eigenvalue weighted by Crippen LogP contribution is -2.06. The Hall–Kier alpha value is -1.26. The molecule has 4 nitrogen and oxygen atoms in total. The molecule has 2 rings (SSSR count). The molecule has 0 radical (unpaired) electrons. The Bertz CT molecular complexity index is 360. The minimum atomic E-state index is -0.0106. The minimum absolute atomic E-state index is 0.0106. The van der Waals surface area contributed by atoms with Crippen LogP contribution in [0.25, 0.3) is 0 Å². The summed E-state index contributed by atoms with van der Waals surface area (Å²) in [5, 5.41) is 9.05. The van der Waals surface area contributed by atoms with E-state index in [2.05, 4.69) is 0 Å². The van der Waals surface area contributed by atoms with Crippen molar-refractivity contribution < 1.29 is 19.3 Å². The maximum atomic E-state index is 9.05. The summed E-state index contributed by atoms with van der Waals surface area (Å²) in [5.41, 5.74) is 0.794. The topological polar surface area (TPSA) is 47.9 Å². The first-order valence-corrected chi connectivity index (χ1v) is 5.82. The first kappa shape index (κ1) is 12.2. The molecule has 1 aromatic carbocycles. The number of methoxy groups -OCH3 is 1. The summed E-state index contributed by atoms with van der Waals surface area (Å²) >= 11 is 0. The molecule has 1 fully saturated rings. The number of aliphatic hydroxyl groups excluding tert-OH is 1. The van der Waals surface area contributed by atoms with E-state index in [4.69, 9.17) is 19.3 Å². The largest absolute Gasteiger partial charge is 0.493 e. The predicted octanol–water partition coefficient (Wildman–Crippen LogP) is 1.95. The Labute approximate surface area is 101 Å². The molecular weight excluding hydrogens is 220 g/mol. The van der Waals surface area contributed by atoms with Gasteiger partial charge in [-0.15, -0.1) is 0 Å². The van der Waals surface area contributed by atoms with Crippen molar-refractivity contribution in [3.05, 3.63) is 23.8 Å². The van der Waals surface area contributed by atoms with Crippen LogP contribution in [0.4, 0.5) is 0 Å². The van der Waals surface area contributed by atoms with E-state index < -0.39 is 0 Å². The zero-order chi connectivity index (χ0) is 12.1. The van der Waals surface area contributed by atoms with Crippen LogP contribution in [0.5, 0.6) is 11.5 Å². The van der Waals surface area contributed by atoms with E-state index in [0.29, 0.717) is 11.5 Å². The predicted molar refractivity (Wildman–Crippen MR) is 63.1 cm³/mol. The maximum Gasteiger partial charge on any atom is 0.189 e. The first-order chi connectivity index (χ1) is 8.33. The standard InChI is InChI=1S/C13H18O4/c1-15-12-5-4-11(7-14)6-13(12)17-9-16-8-10-2-3-10/h4-6,10,14H,2-3,7-9H2,1H3. The lowest BCUT2D eigenvalue weighted by atomic mass is 10.2. The summed E-state index contributed by atoms with van der Waals surface area (Å²) in [4.78, 5) is 0. The highest BCUT2D eigenvalue weighted by atomic mass is 16.7. The van der Waals surface area contributed by atoms with E-state index in [1.807, 2.05) is 0 Å². The molecule has 0 aromatic heterocycles. The third-order valence-corrected chi connectivity index (χ3v) is 2.76. The zero-order valence-corrected chi connectivity index (χ0v) is 10.0. The molecule has 0 saturated heterocycles. The second kappa shape index (κ2) is 5.89. The van der Waals surface area contributed by atoms with Crippen molar-refractivity contribution in [3.8, 4) is 11.5 Å². The maximum absolute atomic E-state index is 9.05. The van der Waals surface area contributed by atoms with Gasteiger partial charge in [0, 0.05) is 0 Å². The van der Waals surface area contributed by atoms with Crippen LogP contribution in [0.15, 0.2) is 18.2 Å². The van der Waals surface area contributed by atoms with Gasteiger partial charge in [0.25, 0.3) is 0 Å². The number of benzene rings is 1. The highest BCUT2D eigenvalue weighted by Gasteiger charge is 2.21. The summed E-state index contributed by atoms with van der Waals surface area (Å²) in [6.07, 6.45) is 2.53. The van der Waals surface area contributed by atoms with Crippen LogP contribution in [0.1, 0.15) is 18.4 Å². The van der Waals surface area contributed by atoms with Crippen LogP contribution >= 0.6 is 0 Å². The van der Waals surface area contributed by atoms with E-state index in [-0.39, 0.29) is 13.4 Å². The molecule has 0 bridgehead atoms. The Morgan fingerprint density at radius 2 is 2.12 bits per heavy atom. The summed E-state index contributed by atoms with van der Waals surface area (Å²) in [7, 11) is 1.59. The molecule has 0 atom stereocenters. The van der Waals surface area contributed by atoms with Crippen LogP contribution in [-0.4, -0.2) is 25.6 Å². The number of hydrogen-bond acceptors (Lipinski definition) is 4. The monoisotopic (exact) mass is 238 g/mol. The highest BCUT2D eigenvalue weighted by Crippen LogP contribution is 2.30. The van der Waals surface area contributed by atoms with Crippen LogP contribution in [0.2, 0.25) is 0 Å². The fraction of sp³-hybridized carbons (Fsp3) is 0.538. The molecule has 0 spiro atoms. The lowest BCUT2D eigenvalue weighted by Gasteiger charge is -2.11. The molecule has 4 heteroatoms. The highest BCUT2D eigenvalue weighted by molar-refractivity contribution is 5.42. The molecule has 1 saturated carbocycles. The number of hydrogen-bond donors (Lipinski definition) is 1. The molecule has 0 heterocycles. The molecule has 94 valence electrons. The number of aliphatic hydroxyl groups is 1. The van der Waals surface area contributed by atoms with Crippen LogP contribution in [-0.2, 0) is 11.3 Å². The SMILES string of the molecule is COc1ccc(CO)cc1OCOCC1CC1. The van der Waals surface area contributed by atoms with Gasteiger partial charge in [0.1, 0.15) is 0 Å². The smallest absolute Gasteiger partial charge is 0.189 e. The van der Waals surface area contributed by atoms with Crippen molar-refractivity contribution in [3.63, 3.8) is 0 Å². The second-order valence-electron chi connectivity index (χ2n) is 4.22. The summed E-state index contributed by atoms with van der Waals surface area (Å²) in [5.74, 6) is 1.98. The first-order valence-electron chi connectivity index (χ1n) is 5.82. The Morgan fingerprint density at radius 3 is 2.76 bits per heavy atom. The molecule has 1 aliphatic rings. The molecule has 0 aliphatic heterocycles. The van der Waals surface area contributed by atoms with Gasteiger partial charge in [0.2, 0.25) is 0 Å². The Kier molecular flexibility index (Phi) is 4.23. The van der Waals surface area contributed by atoms with Gasteiger partial charge >= 0.3 is 0 Å². The summed E-state index contributed by atoms with van der Waals surface area (Å²) < 4.78 is 16.1.